The predicted octanol–water partition coefficient (Wildman–Crippen LogP) is 5.40. The standard InChI is InChI=1S/C29H32FNO4/c1-29(2,3)35-26(34)14-18(32)13-25(33)22-15-23-27(19-11-10-17(30)12-21(19)22)20-6-4-5-7-24(20)31-28(23)16-8-9-16/h4-7,10-12,16,18,22,25,32-33H,8-9,13-15H2,1-3H3/t18-,22+,25+/m1/s1. The Kier molecular flexibility index (Phi) is 6.14. The lowest BCUT2D eigenvalue weighted by molar-refractivity contribution is -0.157. The van der Waals surface area contributed by atoms with E-state index in [4.69, 9.17) is 9.72 Å². The van der Waals surface area contributed by atoms with Crippen molar-refractivity contribution in [3.05, 3.63) is 65.1 Å². The van der Waals surface area contributed by atoms with Crippen LogP contribution >= 0.6 is 0 Å². The Hall–Kier alpha value is -2.83. The van der Waals surface area contributed by atoms with E-state index in [0.717, 1.165) is 51.7 Å². The smallest absolute Gasteiger partial charge is 0.308 e. The van der Waals surface area contributed by atoms with Gasteiger partial charge in [0.15, 0.2) is 0 Å². The van der Waals surface area contributed by atoms with E-state index in [0.29, 0.717) is 12.3 Å². The van der Waals surface area contributed by atoms with E-state index >= 15 is 0 Å². The van der Waals surface area contributed by atoms with Gasteiger partial charge in [-0.05, 0) is 80.5 Å². The number of para-hydroxylation sites is 1. The molecule has 2 aliphatic carbocycles. The van der Waals surface area contributed by atoms with Crippen LogP contribution in [0.3, 0.4) is 0 Å². The minimum atomic E-state index is -1.06. The largest absolute Gasteiger partial charge is 0.460 e. The SMILES string of the molecule is CC(C)(C)OC(=O)C[C@H](O)C[C@H](O)[C@H]1Cc2c(C3CC3)nc3ccccc3c2-c2ccc(F)cc21. The lowest BCUT2D eigenvalue weighted by Gasteiger charge is -2.33. The van der Waals surface area contributed by atoms with Crippen LogP contribution in [0, 0.1) is 5.82 Å². The van der Waals surface area contributed by atoms with Crippen molar-refractivity contribution in [2.45, 2.75) is 82.5 Å². The van der Waals surface area contributed by atoms with Crippen LogP contribution in [0.15, 0.2) is 42.5 Å². The van der Waals surface area contributed by atoms with Gasteiger partial charge in [0.05, 0.1) is 24.1 Å². The van der Waals surface area contributed by atoms with Gasteiger partial charge in [-0.15, -0.1) is 0 Å². The molecule has 5 rings (SSSR count). The number of aromatic nitrogens is 1. The van der Waals surface area contributed by atoms with E-state index in [-0.39, 0.29) is 18.7 Å². The normalized spacial score (nSPS) is 19.1. The molecule has 0 spiro atoms. The molecular formula is C29H32FNO4. The fourth-order valence-electron chi connectivity index (χ4n) is 5.32. The van der Waals surface area contributed by atoms with Gasteiger partial charge in [-0.25, -0.2) is 4.39 Å². The van der Waals surface area contributed by atoms with Gasteiger partial charge < -0.3 is 14.9 Å². The number of benzene rings is 2. The Labute approximate surface area is 205 Å². The van der Waals surface area contributed by atoms with E-state index < -0.39 is 29.7 Å². The summed E-state index contributed by atoms with van der Waals surface area (Å²) in [6.07, 6.45) is 0.472. The van der Waals surface area contributed by atoms with Crippen molar-refractivity contribution in [2.75, 3.05) is 0 Å². The molecule has 5 nitrogen and oxygen atoms in total. The first-order valence-electron chi connectivity index (χ1n) is 12.4. The number of hydrogen-bond acceptors (Lipinski definition) is 5. The molecular weight excluding hydrogens is 445 g/mol. The molecule has 35 heavy (non-hydrogen) atoms. The lowest BCUT2D eigenvalue weighted by Crippen LogP contribution is -2.31. The first kappa shape index (κ1) is 23.9. The van der Waals surface area contributed by atoms with Gasteiger partial charge in [-0.3, -0.25) is 9.78 Å². The molecule has 0 unspecified atom stereocenters. The highest BCUT2D eigenvalue weighted by Crippen LogP contribution is 2.50. The average Bonchev–Trinajstić information content (AvgIpc) is 3.61. The second kappa shape index (κ2) is 8.99. The molecule has 0 saturated heterocycles. The van der Waals surface area contributed by atoms with E-state index in [9.17, 15) is 19.4 Å². The third kappa shape index (κ3) is 4.95. The van der Waals surface area contributed by atoms with Crippen molar-refractivity contribution < 1.29 is 24.1 Å². The Bertz CT molecular complexity index is 1280. The summed E-state index contributed by atoms with van der Waals surface area (Å²) < 4.78 is 19.7. The van der Waals surface area contributed by atoms with Gasteiger partial charge >= 0.3 is 5.97 Å². The number of aliphatic hydroxyl groups is 2. The van der Waals surface area contributed by atoms with Gasteiger partial charge in [0.1, 0.15) is 11.4 Å². The van der Waals surface area contributed by atoms with Crippen molar-refractivity contribution >= 4 is 16.9 Å². The fraction of sp³-hybridized carbons (Fsp3) is 0.448. The monoisotopic (exact) mass is 477 g/mol. The topological polar surface area (TPSA) is 79.7 Å². The van der Waals surface area contributed by atoms with Crippen LogP contribution in [0.1, 0.15) is 75.1 Å². The fourth-order valence-corrected chi connectivity index (χ4v) is 5.32. The Balaban J connectivity index is 1.50. The summed E-state index contributed by atoms with van der Waals surface area (Å²) in [6.45, 7) is 5.31. The van der Waals surface area contributed by atoms with Crippen LogP contribution in [-0.4, -0.2) is 39.0 Å². The summed E-state index contributed by atoms with van der Waals surface area (Å²) in [5.41, 5.74) is 5.16. The zero-order chi connectivity index (χ0) is 24.9. The Morgan fingerprint density at radius 3 is 2.63 bits per heavy atom. The second-order valence-corrected chi connectivity index (χ2v) is 10.9. The van der Waals surface area contributed by atoms with Crippen LogP contribution < -0.4 is 0 Å². The molecule has 184 valence electrons. The maximum atomic E-state index is 14.4. The number of esters is 1. The van der Waals surface area contributed by atoms with Crippen LogP contribution in [0.5, 0.6) is 0 Å². The molecule has 0 bridgehead atoms. The van der Waals surface area contributed by atoms with Crippen molar-refractivity contribution in [1.82, 2.24) is 4.98 Å². The highest BCUT2D eigenvalue weighted by atomic mass is 19.1. The third-order valence-corrected chi connectivity index (χ3v) is 6.90. The lowest BCUT2D eigenvalue weighted by atomic mass is 9.73. The van der Waals surface area contributed by atoms with Gasteiger partial charge in [0, 0.05) is 29.3 Å². The van der Waals surface area contributed by atoms with Crippen molar-refractivity contribution in [2.24, 2.45) is 0 Å². The maximum absolute atomic E-state index is 14.4. The summed E-state index contributed by atoms with van der Waals surface area (Å²) in [4.78, 5) is 17.2. The predicted molar refractivity (Wildman–Crippen MR) is 133 cm³/mol. The highest BCUT2D eigenvalue weighted by Gasteiger charge is 2.37. The van der Waals surface area contributed by atoms with Crippen LogP contribution in [0.2, 0.25) is 0 Å². The van der Waals surface area contributed by atoms with Gasteiger partial charge in [0.2, 0.25) is 0 Å². The van der Waals surface area contributed by atoms with Crippen molar-refractivity contribution in [3.63, 3.8) is 0 Å². The minimum absolute atomic E-state index is 0.00499. The Morgan fingerprint density at radius 2 is 1.91 bits per heavy atom. The number of nitrogens with zero attached hydrogens (tertiary/aromatic N) is 1. The van der Waals surface area contributed by atoms with Gasteiger partial charge in [0.25, 0.3) is 0 Å². The summed E-state index contributed by atoms with van der Waals surface area (Å²) in [6, 6.07) is 12.8. The van der Waals surface area contributed by atoms with Crippen LogP contribution in [-0.2, 0) is 16.0 Å². The number of hydrogen-bond donors (Lipinski definition) is 2. The van der Waals surface area contributed by atoms with Crippen molar-refractivity contribution in [1.29, 1.82) is 0 Å². The number of carbonyl (C=O) groups excluding carboxylic acids is 1. The quantitative estimate of drug-likeness (QED) is 0.465. The van der Waals surface area contributed by atoms with Crippen LogP contribution in [0.4, 0.5) is 4.39 Å². The number of aliphatic hydroxyl groups excluding tert-OH is 2. The summed E-state index contributed by atoms with van der Waals surface area (Å²) >= 11 is 0. The number of fused-ring (bicyclic) bond motifs is 5. The molecule has 2 aliphatic rings. The summed E-state index contributed by atoms with van der Waals surface area (Å²) in [5.74, 6) is -0.878. The molecule has 1 aromatic heterocycles. The molecule has 1 saturated carbocycles. The first-order valence-corrected chi connectivity index (χ1v) is 12.4. The third-order valence-electron chi connectivity index (χ3n) is 6.90. The molecule has 6 heteroatoms. The molecule has 2 aromatic carbocycles. The van der Waals surface area contributed by atoms with Crippen molar-refractivity contribution in [3.8, 4) is 11.1 Å². The molecule has 3 aromatic rings. The molecule has 0 amide bonds. The maximum Gasteiger partial charge on any atom is 0.308 e. The Morgan fingerprint density at radius 1 is 1.17 bits per heavy atom. The number of ether oxygens (including phenoxy) is 1. The number of rotatable bonds is 6. The van der Waals surface area contributed by atoms with E-state index in [1.165, 1.54) is 12.1 Å². The van der Waals surface area contributed by atoms with E-state index in [1.54, 1.807) is 26.8 Å². The number of carbonyl (C=O) groups is 1. The molecule has 1 heterocycles. The molecule has 3 atom stereocenters. The minimum Gasteiger partial charge on any atom is -0.460 e. The number of halogens is 1. The zero-order valence-corrected chi connectivity index (χ0v) is 20.4. The number of pyridine rings is 1. The van der Waals surface area contributed by atoms with Gasteiger partial charge in [-0.2, -0.15) is 0 Å². The zero-order valence-electron chi connectivity index (χ0n) is 20.4. The molecule has 2 N–H and O–H groups in total. The van der Waals surface area contributed by atoms with E-state index in [1.807, 2.05) is 24.3 Å². The molecule has 1 fully saturated rings. The highest BCUT2D eigenvalue weighted by molar-refractivity contribution is 5.98. The average molecular weight is 478 g/mol. The van der Waals surface area contributed by atoms with E-state index in [2.05, 4.69) is 0 Å². The molecule has 0 aliphatic heterocycles. The van der Waals surface area contributed by atoms with Crippen LogP contribution in [0.25, 0.3) is 22.0 Å². The molecule has 0 radical (unpaired) electrons. The summed E-state index contributed by atoms with van der Waals surface area (Å²) in [5, 5.41) is 22.8. The summed E-state index contributed by atoms with van der Waals surface area (Å²) in [7, 11) is 0. The van der Waals surface area contributed by atoms with Gasteiger partial charge in [-0.1, -0.05) is 24.3 Å². The first-order chi connectivity index (χ1) is 16.6. The second-order valence-electron chi connectivity index (χ2n) is 10.9.